The van der Waals surface area contributed by atoms with Crippen LogP contribution in [0.5, 0.6) is 11.5 Å². The van der Waals surface area contributed by atoms with Crippen molar-refractivity contribution in [1.29, 1.82) is 0 Å². The van der Waals surface area contributed by atoms with E-state index < -0.39 is 0 Å². The Balaban J connectivity index is 0.000000301. The molecule has 28 heavy (non-hydrogen) atoms. The highest BCUT2D eigenvalue weighted by molar-refractivity contribution is 7.11. The first-order chi connectivity index (χ1) is 13.5. The standard InChI is InChI=1S/C13H17ClO3.C8H12S.C2H6/c14-11-2-1-9(3-11)8-17-13-5-10(7-15)4-12(16)6-13;1-3-4-8-6-5-7(2)9-8;1-2/h4-6,9,11,15-16H,1-3,7-8H2;5-6H,3-4H2,1-2H3;1-2H3. The summed E-state index contributed by atoms with van der Waals surface area (Å²) >= 11 is 7.95. The quantitative estimate of drug-likeness (QED) is 0.505. The predicted octanol–water partition coefficient (Wildman–Crippen LogP) is 6.71. The van der Waals surface area contributed by atoms with Crippen LogP contribution in [0, 0.1) is 12.8 Å². The van der Waals surface area contributed by atoms with E-state index in [-0.39, 0.29) is 17.7 Å². The lowest BCUT2D eigenvalue weighted by atomic mass is 10.1. The number of halogens is 1. The van der Waals surface area contributed by atoms with Crippen LogP contribution in [-0.4, -0.2) is 22.2 Å². The number of benzene rings is 1. The number of aryl methyl sites for hydroxylation is 2. The Labute approximate surface area is 179 Å². The number of hydrogen-bond donors (Lipinski definition) is 2. The highest BCUT2D eigenvalue weighted by atomic mass is 35.5. The van der Waals surface area contributed by atoms with Gasteiger partial charge in [-0.15, -0.1) is 22.9 Å². The molecule has 1 saturated carbocycles. The van der Waals surface area contributed by atoms with Gasteiger partial charge in [0.25, 0.3) is 0 Å². The van der Waals surface area contributed by atoms with Gasteiger partial charge in [-0.05, 0) is 68.4 Å². The number of phenols is 1. The second-order valence-corrected chi connectivity index (χ2v) is 8.83. The molecule has 2 aromatic rings. The van der Waals surface area contributed by atoms with E-state index in [0.717, 1.165) is 19.3 Å². The number of thiophene rings is 1. The molecule has 1 aromatic carbocycles. The van der Waals surface area contributed by atoms with Gasteiger partial charge in [-0.2, -0.15) is 0 Å². The molecule has 0 bridgehead atoms. The summed E-state index contributed by atoms with van der Waals surface area (Å²) in [6, 6.07) is 9.25. The first kappa shape index (κ1) is 24.8. The van der Waals surface area contributed by atoms with Gasteiger partial charge in [-0.1, -0.05) is 27.2 Å². The molecule has 3 rings (SSSR count). The number of aromatic hydroxyl groups is 1. The monoisotopic (exact) mass is 426 g/mol. The van der Waals surface area contributed by atoms with Crippen LogP contribution in [0.25, 0.3) is 0 Å². The van der Waals surface area contributed by atoms with E-state index in [9.17, 15) is 5.11 Å². The maximum absolute atomic E-state index is 9.45. The summed E-state index contributed by atoms with van der Waals surface area (Å²) in [5.41, 5.74) is 0.654. The van der Waals surface area contributed by atoms with Crippen LogP contribution in [0.3, 0.4) is 0 Å². The van der Waals surface area contributed by atoms with Crippen LogP contribution in [0.2, 0.25) is 0 Å². The molecular formula is C23H35ClO3S. The highest BCUT2D eigenvalue weighted by Crippen LogP contribution is 2.30. The SMILES string of the molecule is CC.CCCc1ccc(C)s1.OCc1cc(O)cc(OCC2CCC(Cl)C2)c1. The average Bonchev–Trinajstić information content (AvgIpc) is 3.30. The third-order valence-corrected chi connectivity index (χ3v) is 5.85. The van der Waals surface area contributed by atoms with Crippen molar-refractivity contribution in [1.82, 2.24) is 0 Å². The van der Waals surface area contributed by atoms with Gasteiger partial charge in [0.05, 0.1) is 13.2 Å². The lowest BCUT2D eigenvalue weighted by molar-refractivity contribution is 0.248. The summed E-state index contributed by atoms with van der Waals surface area (Å²) in [7, 11) is 0. The van der Waals surface area contributed by atoms with Gasteiger partial charge in [-0.25, -0.2) is 0 Å². The van der Waals surface area contributed by atoms with Gasteiger partial charge < -0.3 is 14.9 Å². The molecule has 1 aliphatic rings. The zero-order valence-electron chi connectivity index (χ0n) is 17.6. The molecule has 3 nitrogen and oxygen atoms in total. The van der Waals surface area contributed by atoms with Gasteiger partial charge in [0.1, 0.15) is 11.5 Å². The van der Waals surface area contributed by atoms with E-state index in [1.54, 1.807) is 12.1 Å². The van der Waals surface area contributed by atoms with Gasteiger partial charge >= 0.3 is 0 Å². The molecule has 0 aliphatic heterocycles. The molecule has 0 saturated heterocycles. The minimum Gasteiger partial charge on any atom is -0.508 e. The van der Waals surface area contributed by atoms with Gasteiger partial charge in [0.2, 0.25) is 0 Å². The number of alkyl halides is 1. The Morgan fingerprint density at radius 1 is 1.18 bits per heavy atom. The minimum atomic E-state index is -0.0993. The molecule has 1 aliphatic carbocycles. The van der Waals surface area contributed by atoms with Crippen LogP contribution in [0.4, 0.5) is 0 Å². The van der Waals surface area contributed by atoms with Crippen LogP contribution >= 0.6 is 22.9 Å². The third-order valence-electron chi connectivity index (χ3n) is 4.39. The zero-order valence-corrected chi connectivity index (χ0v) is 19.2. The fourth-order valence-corrected chi connectivity index (χ4v) is 4.43. The Morgan fingerprint density at radius 3 is 2.46 bits per heavy atom. The summed E-state index contributed by atoms with van der Waals surface area (Å²) in [4.78, 5) is 2.95. The van der Waals surface area contributed by atoms with Crippen LogP contribution < -0.4 is 4.74 Å². The van der Waals surface area contributed by atoms with Crippen LogP contribution in [-0.2, 0) is 13.0 Å². The minimum absolute atomic E-state index is 0.0993. The van der Waals surface area contributed by atoms with Crippen molar-refractivity contribution >= 4 is 22.9 Å². The van der Waals surface area contributed by atoms with Gasteiger partial charge in [0.15, 0.2) is 0 Å². The molecule has 2 N–H and O–H groups in total. The van der Waals surface area contributed by atoms with E-state index in [4.69, 9.17) is 21.4 Å². The Morgan fingerprint density at radius 2 is 1.93 bits per heavy atom. The predicted molar refractivity (Wildman–Crippen MR) is 121 cm³/mol. The van der Waals surface area contributed by atoms with Gasteiger partial charge in [0, 0.05) is 21.2 Å². The fourth-order valence-electron chi connectivity index (χ4n) is 3.06. The number of phenolic OH excluding ortho intramolecular Hbond substituents is 1. The first-order valence-corrected chi connectivity index (χ1v) is 11.5. The van der Waals surface area contributed by atoms with Crippen molar-refractivity contribution in [3.8, 4) is 11.5 Å². The summed E-state index contributed by atoms with van der Waals surface area (Å²) in [5.74, 6) is 1.22. The number of aliphatic hydroxyl groups excluding tert-OH is 1. The number of ether oxygens (including phenoxy) is 1. The molecule has 1 aromatic heterocycles. The number of aliphatic hydroxyl groups is 1. The molecule has 2 unspecified atom stereocenters. The van der Waals surface area contributed by atoms with Crippen molar-refractivity contribution in [2.24, 2.45) is 5.92 Å². The zero-order chi connectivity index (χ0) is 20.9. The smallest absolute Gasteiger partial charge is 0.123 e. The van der Waals surface area contributed by atoms with Crippen LogP contribution in [0.1, 0.15) is 61.8 Å². The molecular weight excluding hydrogens is 392 g/mol. The molecule has 0 spiro atoms. The fraction of sp³-hybridized carbons (Fsp3) is 0.565. The summed E-state index contributed by atoms with van der Waals surface area (Å²) in [5, 5.41) is 18.7. The van der Waals surface area contributed by atoms with E-state index in [1.165, 1.54) is 28.7 Å². The summed E-state index contributed by atoms with van der Waals surface area (Å²) < 4.78 is 5.63. The van der Waals surface area contributed by atoms with Crippen LogP contribution in [0.15, 0.2) is 30.3 Å². The van der Waals surface area contributed by atoms with Crippen molar-refractivity contribution in [3.63, 3.8) is 0 Å². The van der Waals surface area contributed by atoms with Crippen molar-refractivity contribution < 1.29 is 14.9 Å². The number of hydrogen-bond acceptors (Lipinski definition) is 4. The lowest BCUT2D eigenvalue weighted by Gasteiger charge is -2.12. The molecule has 1 fully saturated rings. The Bertz CT molecular complexity index is 672. The average molecular weight is 427 g/mol. The Kier molecular flexibility index (Phi) is 12.3. The second kappa shape index (κ2) is 13.9. The first-order valence-electron chi connectivity index (χ1n) is 10.3. The molecule has 5 heteroatoms. The molecule has 158 valence electrons. The molecule has 0 radical (unpaired) electrons. The summed E-state index contributed by atoms with van der Waals surface area (Å²) in [6.45, 7) is 8.90. The van der Waals surface area contributed by atoms with Gasteiger partial charge in [-0.3, -0.25) is 0 Å². The van der Waals surface area contributed by atoms with E-state index >= 15 is 0 Å². The maximum atomic E-state index is 9.45. The largest absolute Gasteiger partial charge is 0.508 e. The lowest BCUT2D eigenvalue weighted by Crippen LogP contribution is -2.09. The van der Waals surface area contributed by atoms with Crippen molar-refractivity contribution in [2.75, 3.05) is 6.61 Å². The maximum Gasteiger partial charge on any atom is 0.123 e. The second-order valence-electron chi connectivity index (χ2n) is 6.84. The normalized spacial score (nSPS) is 17.9. The Hall–Kier alpha value is -1.23. The number of rotatable bonds is 6. The third kappa shape index (κ3) is 9.31. The molecule has 0 amide bonds. The topological polar surface area (TPSA) is 49.7 Å². The molecule has 1 heterocycles. The van der Waals surface area contributed by atoms with E-state index in [2.05, 4.69) is 26.0 Å². The van der Waals surface area contributed by atoms with E-state index in [0.29, 0.717) is 23.8 Å². The molecule has 2 atom stereocenters. The van der Waals surface area contributed by atoms with Crippen molar-refractivity contribution in [2.45, 2.75) is 71.8 Å². The van der Waals surface area contributed by atoms with Crippen molar-refractivity contribution in [3.05, 3.63) is 45.6 Å². The summed E-state index contributed by atoms with van der Waals surface area (Å²) in [6.07, 6.45) is 5.66. The van der Waals surface area contributed by atoms with E-state index in [1.807, 2.05) is 25.2 Å². The highest BCUT2D eigenvalue weighted by Gasteiger charge is 2.23.